The fraction of sp³-hybridized carbons (Fsp3) is 0.571. The van der Waals surface area contributed by atoms with Crippen LogP contribution in [-0.4, -0.2) is 36.1 Å². The lowest BCUT2D eigenvalue weighted by Crippen LogP contribution is -2.24. The van der Waals surface area contributed by atoms with Crippen LogP contribution in [0.4, 0.5) is 0 Å². The highest BCUT2D eigenvalue weighted by atomic mass is 35.5. The Kier molecular flexibility index (Phi) is 7.82. The van der Waals surface area contributed by atoms with Crippen molar-refractivity contribution in [1.82, 2.24) is 0 Å². The number of halogens is 1. The van der Waals surface area contributed by atoms with Crippen molar-refractivity contribution in [2.45, 2.75) is 32.5 Å². The SMILES string of the molecule is CCCCOCC(O)COc1cccc(Cl)c1CO. The lowest BCUT2D eigenvalue weighted by atomic mass is 10.2. The number of aliphatic hydroxyl groups is 2. The minimum Gasteiger partial charge on any atom is -0.490 e. The molecule has 0 aromatic heterocycles. The highest BCUT2D eigenvalue weighted by Crippen LogP contribution is 2.26. The van der Waals surface area contributed by atoms with Gasteiger partial charge in [-0.3, -0.25) is 0 Å². The normalized spacial score (nSPS) is 12.4. The van der Waals surface area contributed by atoms with E-state index >= 15 is 0 Å². The van der Waals surface area contributed by atoms with E-state index in [0.717, 1.165) is 12.8 Å². The summed E-state index contributed by atoms with van der Waals surface area (Å²) in [7, 11) is 0. The molecule has 1 rings (SSSR count). The van der Waals surface area contributed by atoms with Crippen molar-refractivity contribution in [3.05, 3.63) is 28.8 Å². The van der Waals surface area contributed by atoms with Gasteiger partial charge in [0.1, 0.15) is 18.5 Å². The minimum atomic E-state index is -0.692. The molecule has 5 heteroatoms. The molecule has 0 heterocycles. The van der Waals surface area contributed by atoms with E-state index in [0.29, 0.717) is 22.9 Å². The van der Waals surface area contributed by atoms with Crippen LogP contribution in [0.2, 0.25) is 5.02 Å². The molecule has 0 fully saturated rings. The number of aliphatic hydroxyl groups excluding tert-OH is 2. The molecule has 0 amide bonds. The maximum absolute atomic E-state index is 9.70. The van der Waals surface area contributed by atoms with Crippen molar-refractivity contribution >= 4 is 11.6 Å². The molecule has 19 heavy (non-hydrogen) atoms. The van der Waals surface area contributed by atoms with Gasteiger partial charge in [0.05, 0.1) is 13.2 Å². The lowest BCUT2D eigenvalue weighted by Gasteiger charge is -2.15. The molecule has 0 saturated heterocycles. The molecule has 1 unspecified atom stereocenters. The van der Waals surface area contributed by atoms with Crippen molar-refractivity contribution in [3.8, 4) is 5.75 Å². The fourth-order valence-corrected chi connectivity index (χ4v) is 1.75. The van der Waals surface area contributed by atoms with Crippen molar-refractivity contribution < 1.29 is 19.7 Å². The van der Waals surface area contributed by atoms with Crippen LogP contribution in [0, 0.1) is 0 Å². The molecule has 108 valence electrons. The van der Waals surface area contributed by atoms with Gasteiger partial charge in [-0.15, -0.1) is 0 Å². The van der Waals surface area contributed by atoms with Gasteiger partial charge >= 0.3 is 0 Å². The molecule has 1 aromatic rings. The van der Waals surface area contributed by atoms with E-state index < -0.39 is 6.10 Å². The second kappa shape index (κ2) is 9.15. The summed E-state index contributed by atoms with van der Waals surface area (Å²) in [5, 5.41) is 19.4. The Hall–Kier alpha value is -0.810. The van der Waals surface area contributed by atoms with Crippen molar-refractivity contribution in [1.29, 1.82) is 0 Å². The van der Waals surface area contributed by atoms with Crippen LogP contribution in [-0.2, 0) is 11.3 Å². The smallest absolute Gasteiger partial charge is 0.126 e. The molecule has 0 aliphatic heterocycles. The Morgan fingerprint density at radius 3 is 2.79 bits per heavy atom. The van der Waals surface area contributed by atoms with Crippen molar-refractivity contribution in [3.63, 3.8) is 0 Å². The number of hydrogen-bond acceptors (Lipinski definition) is 4. The summed E-state index contributed by atoms with van der Waals surface area (Å²) in [5.74, 6) is 0.489. The van der Waals surface area contributed by atoms with Gasteiger partial charge in [-0.05, 0) is 18.6 Å². The Labute approximate surface area is 118 Å². The van der Waals surface area contributed by atoms with E-state index in [1.807, 2.05) is 0 Å². The van der Waals surface area contributed by atoms with Crippen molar-refractivity contribution in [2.75, 3.05) is 19.8 Å². The van der Waals surface area contributed by atoms with Gasteiger partial charge < -0.3 is 19.7 Å². The van der Waals surface area contributed by atoms with E-state index in [2.05, 4.69) is 6.92 Å². The molecule has 0 saturated carbocycles. The first-order valence-electron chi connectivity index (χ1n) is 6.45. The second-order valence-corrected chi connectivity index (χ2v) is 4.68. The summed E-state index contributed by atoms with van der Waals surface area (Å²) in [6.07, 6.45) is 1.35. The maximum Gasteiger partial charge on any atom is 0.126 e. The molecular formula is C14H21ClO4. The predicted octanol–water partition coefficient (Wildman–Crippen LogP) is 2.39. The van der Waals surface area contributed by atoms with Gasteiger partial charge in [0.2, 0.25) is 0 Å². The Bertz CT molecular complexity index is 370. The van der Waals surface area contributed by atoms with Gasteiger partial charge in [0.15, 0.2) is 0 Å². The summed E-state index contributed by atoms with van der Waals surface area (Å²) >= 11 is 5.94. The minimum absolute atomic E-state index is 0.111. The van der Waals surface area contributed by atoms with Crippen LogP contribution in [0.15, 0.2) is 18.2 Å². The summed E-state index contributed by atoms with van der Waals surface area (Å²) in [6.45, 7) is 2.89. The summed E-state index contributed by atoms with van der Waals surface area (Å²) < 4.78 is 10.8. The number of unbranched alkanes of at least 4 members (excludes halogenated alkanes) is 1. The van der Waals surface area contributed by atoms with Crippen LogP contribution in [0.3, 0.4) is 0 Å². The molecule has 0 aliphatic carbocycles. The largest absolute Gasteiger partial charge is 0.490 e. The zero-order chi connectivity index (χ0) is 14.1. The average Bonchev–Trinajstić information content (AvgIpc) is 2.41. The van der Waals surface area contributed by atoms with E-state index in [4.69, 9.17) is 21.1 Å². The highest BCUT2D eigenvalue weighted by Gasteiger charge is 2.10. The lowest BCUT2D eigenvalue weighted by molar-refractivity contribution is 0.0109. The van der Waals surface area contributed by atoms with Gasteiger partial charge in [-0.1, -0.05) is 31.0 Å². The highest BCUT2D eigenvalue weighted by molar-refractivity contribution is 6.31. The predicted molar refractivity (Wildman–Crippen MR) is 74.6 cm³/mol. The fourth-order valence-electron chi connectivity index (χ4n) is 1.53. The number of benzene rings is 1. The summed E-state index contributed by atoms with van der Waals surface area (Å²) in [6, 6.07) is 5.13. The maximum atomic E-state index is 9.70. The van der Waals surface area contributed by atoms with Crippen LogP contribution in [0.1, 0.15) is 25.3 Å². The third kappa shape index (κ3) is 5.78. The van der Waals surface area contributed by atoms with E-state index in [9.17, 15) is 10.2 Å². The summed E-state index contributed by atoms with van der Waals surface area (Å²) in [4.78, 5) is 0. The monoisotopic (exact) mass is 288 g/mol. The molecular weight excluding hydrogens is 268 g/mol. The zero-order valence-corrected chi connectivity index (χ0v) is 11.9. The first-order valence-corrected chi connectivity index (χ1v) is 6.83. The average molecular weight is 289 g/mol. The Balaban J connectivity index is 2.37. The van der Waals surface area contributed by atoms with Gasteiger partial charge in [-0.25, -0.2) is 0 Å². The molecule has 1 aromatic carbocycles. The molecule has 1 atom stereocenters. The number of hydrogen-bond donors (Lipinski definition) is 2. The first kappa shape index (κ1) is 16.2. The van der Waals surface area contributed by atoms with Gasteiger partial charge in [0, 0.05) is 17.2 Å². The molecule has 4 nitrogen and oxygen atoms in total. The quantitative estimate of drug-likeness (QED) is 0.685. The zero-order valence-electron chi connectivity index (χ0n) is 11.1. The molecule has 0 radical (unpaired) electrons. The molecule has 0 spiro atoms. The van der Waals surface area contributed by atoms with Crippen LogP contribution in [0.5, 0.6) is 5.75 Å². The third-order valence-corrected chi connectivity index (χ3v) is 2.97. The second-order valence-electron chi connectivity index (χ2n) is 4.27. The van der Waals surface area contributed by atoms with Gasteiger partial charge in [0.25, 0.3) is 0 Å². The first-order chi connectivity index (χ1) is 9.19. The van der Waals surface area contributed by atoms with E-state index in [1.165, 1.54) is 0 Å². The molecule has 0 aliphatic rings. The molecule has 2 N–H and O–H groups in total. The number of ether oxygens (including phenoxy) is 2. The Morgan fingerprint density at radius 2 is 2.11 bits per heavy atom. The van der Waals surface area contributed by atoms with Crippen LogP contribution in [0.25, 0.3) is 0 Å². The Morgan fingerprint density at radius 1 is 1.32 bits per heavy atom. The van der Waals surface area contributed by atoms with E-state index in [-0.39, 0.29) is 19.8 Å². The topological polar surface area (TPSA) is 58.9 Å². The van der Waals surface area contributed by atoms with Gasteiger partial charge in [-0.2, -0.15) is 0 Å². The molecule has 0 bridgehead atoms. The van der Waals surface area contributed by atoms with E-state index in [1.54, 1.807) is 18.2 Å². The number of rotatable bonds is 9. The summed E-state index contributed by atoms with van der Waals surface area (Å²) in [5.41, 5.74) is 0.531. The third-order valence-electron chi connectivity index (χ3n) is 2.62. The van der Waals surface area contributed by atoms with Crippen LogP contribution < -0.4 is 4.74 Å². The van der Waals surface area contributed by atoms with Crippen LogP contribution >= 0.6 is 11.6 Å². The van der Waals surface area contributed by atoms with Crippen molar-refractivity contribution in [2.24, 2.45) is 0 Å². The standard InChI is InChI=1S/C14H21ClO4/c1-2-3-7-18-9-11(17)10-19-14-6-4-5-13(15)12(14)8-16/h4-6,11,16-17H,2-3,7-10H2,1H3.